The van der Waals surface area contributed by atoms with Gasteiger partial charge in [0.1, 0.15) is 0 Å². The van der Waals surface area contributed by atoms with Gasteiger partial charge in [0, 0.05) is 37.3 Å². The lowest BCUT2D eigenvalue weighted by Crippen LogP contribution is -2.49. The van der Waals surface area contributed by atoms with Gasteiger partial charge in [-0.05, 0) is 43.7 Å². The highest BCUT2D eigenvalue weighted by atomic mass is 16.6. The van der Waals surface area contributed by atoms with E-state index in [1.54, 1.807) is 30.1 Å². The molecule has 1 saturated carbocycles. The summed E-state index contributed by atoms with van der Waals surface area (Å²) in [6, 6.07) is 6.64. The summed E-state index contributed by atoms with van der Waals surface area (Å²) in [7, 11) is 1.80. The maximum absolute atomic E-state index is 13.4. The second-order valence-corrected chi connectivity index (χ2v) is 7.59. The molecule has 142 valence electrons. The van der Waals surface area contributed by atoms with Gasteiger partial charge in [-0.3, -0.25) is 19.6 Å². The molecule has 7 nitrogen and oxygen atoms in total. The zero-order valence-corrected chi connectivity index (χ0v) is 15.5. The third kappa shape index (κ3) is 3.22. The molecule has 2 aromatic rings. The number of carbonyl (C=O) groups is 1. The van der Waals surface area contributed by atoms with E-state index in [1.807, 2.05) is 0 Å². The third-order valence-corrected chi connectivity index (χ3v) is 6.02. The molecule has 1 amide bonds. The molecule has 1 aliphatic carbocycles. The first-order chi connectivity index (χ1) is 13.1. The molecule has 7 heteroatoms. The van der Waals surface area contributed by atoms with Gasteiger partial charge in [0.2, 0.25) is 0 Å². The van der Waals surface area contributed by atoms with Crippen LogP contribution in [0.5, 0.6) is 0 Å². The maximum atomic E-state index is 13.4. The third-order valence-electron chi connectivity index (χ3n) is 6.02. The molecule has 1 aromatic carbocycles. The number of nitrogens with zero attached hydrogens (tertiary/aromatic N) is 4. The van der Waals surface area contributed by atoms with Crippen LogP contribution in [-0.4, -0.2) is 38.1 Å². The van der Waals surface area contributed by atoms with Crippen molar-refractivity contribution in [3.05, 3.63) is 46.1 Å². The highest BCUT2D eigenvalue weighted by molar-refractivity contribution is 6.00. The minimum Gasteiger partial charge on any atom is -0.335 e. The summed E-state index contributed by atoms with van der Waals surface area (Å²) in [5, 5.41) is 15.2. The predicted octanol–water partition coefficient (Wildman–Crippen LogP) is 3.79. The molecular formula is C20H24N4O3. The number of carbonyl (C=O) groups excluding carboxylic acids is 1. The lowest BCUT2D eigenvalue weighted by atomic mass is 9.78. The minimum absolute atomic E-state index is 0.0352. The SMILES string of the molecule is Cn1ncc(C(=O)N2CCCC3CCCCC32)c1-c1ccc([N+](=O)[O-])cc1. The summed E-state index contributed by atoms with van der Waals surface area (Å²) in [4.78, 5) is 25.9. The number of hydrogen-bond acceptors (Lipinski definition) is 4. The lowest BCUT2D eigenvalue weighted by Gasteiger charge is -2.44. The molecule has 0 bridgehead atoms. The molecule has 0 spiro atoms. The van der Waals surface area contributed by atoms with Gasteiger partial charge in [0.25, 0.3) is 11.6 Å². The van der Waals surface area contributed by atoms with Crippen LogP contribution in [0.15, 0.2) is 30.5 Å². The van der Waals surface area contributed by atoms with Crippen molar-refractivity contribution in [2.24, 2.45) is 13.0 Å². The smallest absolute Gasteiger partial charge is 0.269 e. The Kier molecular flexibility index (Phi) is 4.68. The molecule has 1 saturated heterocycles. The summed E-state index contributed by atoms with van der Waals surface area (Å²) in [5.41, 5.74) is 2.10. The molecule has 2 aliphatic rings. The molecule has 2 fully saturated rings. The first-order valence-corrected chi connectivity index (χ1v) is 9.64. The second kappa shape index (κ2) is 7.13. The number of aryl methyl sites for hydroxylation is 1. The first-order valence-electron chi connectivity index (χ1n) is 9.64. The zero-order chi connectivity index (χ0) is 19.0. The van der Waals surface area contributed by atoms with E-state index in [-0.39, 0.29) is 11.6 Å². The van der Waals surface area contributed by atoms with Crippen LogP contribution in [0.2, 0.25) is 0 Å². The van der Waals surface area contributed by atoms with Crippen LogP contribution in [0, 0.1) is 16.0 Å². The van der Waals surface area contributed by atoms with Crippen molar-refractivity contribution >= 4 is 11.6 Å². The van der Waals surface area contributed by atoms with E-state index in [4.69, 9.17) is 0 Å². The van der Waals surface area contributed by atoms with Crippen LogP contribution in [0.3, 0.4) is 0 Å². The van der Waals surface area contributed by atoms with Gasteiger partial charge < -0.3 is 4.90 Å². The second-order valence-electron chi connectivity index (χ2n) is 7.59. The van der Waals surface area contributed by atoms with Crippen molar-refractivity contribution in [1.82, 2.24) is 14.7 Å². The summed E-state index contributed by atoms with van der Waals surface area (Å²) < 4.78 is 1.68. The molecule has 1 aromatic heterocycles. The largest absolute Gasteiger partial charge is 0.335 e. The predicted molar refractivity (Wildman–Crippen MR) is 101 cm³/mol. The number of hydrogen-bond donors (Lipinski definition) is 0. The molecule has 0 N–H and O–H groups in total. The number of amides is 1. The minimum atomic E-state index is -0.421. The molecule has 2 atom stereocenters. The van der Waals surface area contributed by atoms with E-state index in [1.165, 1.54) is 37.8 Å². The average Bonchev–Trinajstić information content (AvgIpc) is 3.08. The molecule has 2 heterocycles. The number of likely N-dealkylation sites (tertiary alicyclic amines) is 1. The summed E-state index contributed by atoms with van der Waals surface area (Å²) in [5.74, 6) is 0.656. The van der Waals surface area contributed by atoms with E-state index in [0.29, 0.717) is 23.2 Å². The number of nitro groups is 1. The number of fused-ring (bicyclic) bond motifs is 1. The molecular weight excluding hydrogens is 344 g/mol. The molecule has 2 unspecified atom stereocenters. The number of aromatic nitrogens is 2. The Hall–Kier alpha value is -2.70. The normalized spacial score (nSPS) is 22.3. The monoisotopic (exact) mass is 368 g/mol. The van der Waals surface area contributed by atoms with Crippen LogP contribution in [-0.2, 0) is 7.05 Å². The highest BCUT2D eigenvalue weighted by Gasteiger charge is 2.37. The van der Waals surface area contributed by atoms with Gasteiger partial charge >= 0.3 is 0 Å². The summed E-state index contributed by atoms with van der Waals surface area (Å²) in [6.45, 7) is 0.800. The Morgan fingerprint density at radius 1 is 1.15 bits per heavy atom. The van der Waals surface area contributed by atoms with Crippen molar-refractivity contribution < 1.29 is 9.72 Å². The Morgan fingerprint density at radius 3 is 2.59 bits per heavy atom. The average molecular weight is 368 g/mol. The number of rotatable bonds is 3. The highest BCUT2D eigenvalue weighted by Crippen LogP contribution is 2.37. The Morgan fingerprint density at radius 2 is 1.85 bits per heavy atom. The Labute approximate surface area is 158 Å². The summed E-state index contributed by atoms with van der Waals surface area (Å²) in [6.07, 6.45) is 8.67. The van der Waals surface area contributed by atoms with Crippen LogP contribution in [0.4, 0.5) is 5.69 Å². The maximum Gasteiger partial charge on any atom is 0.269 e. The van der Waals surface area contributed by atoms with E-state index in [2.05, 4.69) is 10.00 Å². The van der Waals surface area contributed by atoms with Crippen molar-refractivity contribution in [3.63, 3.8) is 0 Å². The van der Waals surface area contributed by atoms with Crippen LogP contribution < -0.4 is 0 Å². The van der Waals surface area contributed by atoms with Gasteiger partial charge in [0.15, 0.2) is 0 Å². The van der Waals surface area contributed by atoms with E-state index < -0.39 is 4.92 Å². The molecule has 0 radical (unpaired) electrons. The van der Waals surface area contributed by atoms with Crippen molar-refractivity contribution in [2.75, 3.05) is 6.54 Å². The van der Waals surface area contributed by atoms with Gasteiger partial charge in [-0.25, -0.2) is 0 Å². The van der Waals surface area contributed by atoms with Gasteiger partial charge in [-0.1, -0.05) is 12.8 Å². The van der Waals surface area contributed by atoms with Crippen LogP contribution in [0.1, 0.15) is 48.9 Å². The van der Waals surface area contributed by atoms with Gasteiger partial charge in [0.05, 0.1) is 22.4 Å². The Balaban J connectivity index is 1.66. The van der Waals surface area contributed by atoms with Gasteiger partial charge in [-0.2, -0.15) is 5.10 Å². The van der Waals surface area contributed by atoms with Crippen molar-refractivity contribution in [2.45, 2.75) is 44.6 Å². The first kappa shape index (κ1) is 17.7. The van der Waals surface area contributed by atoms with E-state index in [0.717, 1.165) is 24.9 Å². The molecule has 4 rings (SSSR count). The van der Waals surface area contributed by atoms with Crippen LogP contribution >= 0.6 is 0 Å². The summed E-state index contributed by atoms with van der Waals surface area (Å²) >= 11 is 0. The molecule has 27 heavy (non-hydrogen) atoms. The fourth-order valence-corrected chi connectivity index (χ4v) is 4.71. The van der Waals surface area contributed by atoms with Gasteiger partial charge in [-0.15, -0.1) is 0 Å². The fraction of sp³-hybridized carbons (Fsp3) is 0.500. The Bertz CT molecular complexity index is 857. The standard InChI is InChI=1S/C20H24N4O3/c1-22-19(15-8-10-16(11-9-15)24(26)27)17(13-21-22)20(25)23-12-4-6-14-5-2-3-7-18(14)23/h8-11,13-14,18H,2-7,12H2,1H3. The van der Waals surface area contributed by atoms with Crippen LogP contribution in [0.25, 0.3) is 11.3 Å². The number of piperidine rings is 1. The quantitative estimate of drug-likeness (QED) is 0.610. The fourth-order valence-electron chi connectivity index (χ4n) is 4.71. The topological polar surface area (TPSA) is 81.3 Å². The van der Waals surface area contributed by atoms with E-state index in [9.17, 15) is 14.9 Å². The van der Waals surface area contributed by atoms with Crippen molar-refractivity contribution in [1.29, 1.82) is 0 Å². The lowest BCUT2D eigenvalue weighted by molar-refractivity contribution is -0.384. The number of benzene rings is 1. The molecule has 1 aliphatic heterocycles. The zero-order valence-electron chi connectivity index (χ0n) is 15.5. The number of non-ortho nitro benzene ring substituents is 1. The number of nitro benzene ring substituents is 1. The van der Waals surface area contributed by atoms with E-state index >= 15 is 0 Å². The van der Waals surface area contributed by atoms with Crippen molar-refractivity contribution in [3.8, 4) is 11.3 Å².